The summed E-state index contributed by atoms with van der Waals surface area (Å²) >= 11 is 0. The molecule has 2 aromatic carbocycles. The van der Waals surface area contributed by atoms with Gasteiger partial charge in [-0.15, -0.1) is 0 Å². The van der Waals surface area contributed by atoms with E-state index in [1.807, 2.05) is 35.2 Å². The topological polar surface area (TPSA) is 58.8 Å². The van der Waals surface area contributed by atoms with Gasteiger partial charge >= 0.3 is 0 Å². The SMILES string of the molecule is COc1ccc(CN2CCC3(CCN(CC[C@H](N)c4ccccc4)CC3)C2=O)cc1. The third-order valence-electron chi connectivity index (χ3n) is 6.93. The summed E-state index contributed by atoms with van der Waals surface area (Å²) in [5.74, 6) is 1.20. The van der Waals surface area contributed by atoms with E-state index in [1.54, 1.807) is 7.11 Å². The van der Waals surface area contributed by atoms with Crippen LogP contribution in [0, 0.1) is 5.41 Å². The molecule has 0 aliphatic carbocycles. The Morgan fingerprint density at radius 3 is 2.33 bits per heavy atom. The molecule has 0 aromatic heterocycles. The van der Waals surface area contributed by atoms with Crippen LogP contribution in [0.4, 0.5) is 0 Å². The summed E-state index contributed by atoms with van der Waals surface area (Å²) in [4.78, 5) is 17.8. The van der Waals surface area contributed by atoms with Crippen LogP contribution in [0.25, 0.3) is 0 Å². The highest BCUT2D eigenvalue weighted by Crippen LogP contribution is 2.42. The van der Waals surface area contributed by atoms with Crippen molar-refractivity contribution in [2.24, 2.45) is 11.1 Å². The number of hydrogen-bond acceptors (Lipinski definition) is 4. The van der Waals surface area contributed by atoms with Crippen LogP contribution in [0.15, 0.2) is 54.6 Å². The summed E-state index contributed by atoms with van der Waals surface area (Å²) in [6.45, 7) is 4.53. The maximum absolute atomic E-state index is 13.2. The van der Waals surface area contributed by atoms with Crippen LogP contribution >= 0.6 is 0 Å². The number of methoxy groups -OCH3 is 1. The first kappa shape index (κ1) is 20.9. The minimum Gasteiger partial charge on any atom is -0.497 e. The molecule has 2 fully saturated rings. The molecule has 1 spiro atoms. The normalized spacial score (nSPS) is 19.9. The highest BCUT2D eigenvalue weighted by molar-refractivity contribution is 5.85. The third-order valence-corrected chi connectivity index (χ3v) is 6.93. The van der Waals surface area contributed by atoms with Crippen molar-refractivity contribution in [3.8, 4) is 5.75 Å². The summed E-state index contributed by atoms with van der Waals surface area (Å²) in [5.41, 5.74) is 8.58. The summed E-state index contributed by atoms with van der Waals surface area (Å²) < 4.78 is 5.23. The van der Waals surface area contributed by atoms with Gasteiger partial charge in [0.2, 0.25) is 5.91 Å². The largest absolute Gasteiger partial charge is 0.497 e. The van der Waals surface area contributed by atoms with Crippen LogP contribution in [0.2, 0.25) is 0 Å². The van der Waals surface area contributed by atoms with Crippen molar-refractivity contribution in [2.45, 2.75) is 38.3 Å². The van der Waals surface area contributed by atoms with Crippen LogP contribution in [-0.2, 0) is 11.3 Å². The second kappa shape index (κ2) is 9.19. The van der Waals surface area contributed by atoms with E-state index in [9.17, 15) is 4.79 Å². The molecule has 1 atom stereocenters. The predicted molar refractivity (Wildman–Crippen MR) is 119 cm³/mol. The second-order valence-electron chi connectivity index (χ2n) is 8.75. The van der Waals surface area contributed by atoms with E-state index in [0.717, 1.165) is 63.2 Å². The summed E-state index contributed by atoms with van der Waals surface area (Å²) in [6, 6.07) is 18.4. The van der Waals surface area contributed by atoms with Crippen molar-refractivity contribution < 1.29 is 9.53 Å². The standard InChI is InChI=1S/C25H33N3O2/c1-30-22-9-7-20(8-10-22)19-28-18-14-25(24(28)29)12-16-27(17-13-25)15-11-23(26)21-5-3-2-4-6-21/h2-10,23H,11-19,26H2,1H3/t23-/m0/s1. The van der Waals surface area contributed by atoms with Crippen LogP contribution in [0.5, 0.6) is 5.75 Å². The molecule has 2 aliphatic heterocycles. The van der Waals surface area contributed by atoms with Crippen LogP contribution in [0.3, 0.4) is 0 Å². The second-order valence-corrected chi connectivity index (χ2v) is 8.75. The van der Waals surface area contributed by atoms with Gasteiger partial charge in [-0.1, -0.05) is 42.5 Å². The zero-order valence-corrected chi connectivity index (χ0v) is 17.9. The van der Waals surface area contributed by atoms with E-state index in [1.165, 1.54) is 5.56 Å². The predicted octanol–water partition coefficient (Wildman–Crippen LogP) is 3.60. The number of nitrogens with zero attached hydrogens (tertiary/aromatic N) is 2. The number of rotatable bonds is 7. The van der Waals surface area contributed by atoms with Gasteiger partial charge in [0.15, 0.2) is 0 Å². The van der Waals surface area contributed by atoms with Gasteiger partial charge in [-0.25, -0.2) is 0 Å². The van der Waals surface area contributed by atoms with Gasteiger partial charge in [-0.3, -0.25) is 4.79 Å². The number of nitrogens with two attached hydrogens (primary N) is 1. The van der Waals surface area contributed by atoms with Crippen molar-refractivity contribution in [1.29, 1.82) is 0 Å². The lowest BCUT2D eigenvalue weighted by molar-refractivity contribution is -0.138. The van der Waals surface area contributed by atoms with E-state index in [0.29, 0.717) is 12.5 Å². The summed E-state index contributed by atoms with van der Waals surface area (Å²) in [5, 5.41) is 0. The van der Waals surface area contributed by atoms with E-state index in [2.05, 4.69) is 29.2 Å². The third kappa shape index (κ3) is 4.52. The minimum atomic E-state index is -0.148. The van der Waals surface area contributed by atoms with Crippen molar-refractivity contribution >= 4 is 5.91 Å². The van der Waals surface area contributed by atoms with E-state index < -0.39 is 0 Å². The fourth-order valence-corrected chi connectivity index (χ4v) is 4.85. The van der Waals surface area contributed by atoms with Crippen LogP contribution in [0.1, 0.15) is 42.9 Å². The zero-order valence-electron chi connectivity index (χ0n) is 17.9. The molecule has 0 bridgehead atoms. The molecule has 2 heterocycles. The molecule has 5 heteroatoms. The van der Waals surface area contributed by atoms with Crippen molar-refractivity contribution in [3.05, 3.63) is 65.7 Å². The van der Waals surface area contributed by atoms with Gasteiger partial charge in [-0.05, 0) is 68.6 Å². The smallest absolute Gasteiger partial charge is 0.229 e. The molecule has 1 amide bonds. The Kier molecular flexibility index (Phi) is 6.40. The number of ether oxygens (including phenoxy) is 1. The lowest BCUT2D eigenvalue weighted by Crippen LogP contribution is -2.45. The Morgan fingerprint density at radius 1 is 1.00 bits per heavy atom. The molecule has 2 aliphatic rings. The van der Waals surface area contributed by atoms with E-state index in [4.69, 9.17) is 10.5 Å². The minimum absolute atomic E-state index is 0.0789. The highest BCUT2D eigenvalue weighted by atomic mass is 16.5. The first-order valence-electron chi connectivity index (χ1n) is 11.0. The van der Waals surface area contributed by atoms with E-state index >= 15 is 0 Å². The molecule has 30 heavy (non-hydrogen) atoms. The Bertz CT molecular complexity index is 829. The molecule has 0 radical (unpaired) electrons. The maximum atomic E-state index is 13.2. The summed E-state index contributed by atoms with van der Waals surface area (Å²) in [6.07, 6.45) is 3.87. The Balaban J connectivity index is 1.27. The molecule has 0 unspecified atom stereocenters. The molecule has 2 saturated heterocycles. The van der Waals surface area contributed by atoms with Crippen LogP contribution in [-0.4, -0.2) is 49.0 Å². The average Bonchev–Trinajstić information content (AvgIpc) is 3.09. The van der Waals surface area contributed by atoms with Gasteiger partial charge in [0.05, 0.1) is 12.5 Å². The molecule has 4 rings (SSSR count). The average molecular weight is 408 g/mol. The zero-order chi connectivity index (χ0) is 21.0. The highest BCUT2D eigenvalue weighted by Gasteiger charge is 2.47. The van der Waals surface area contributed by atoms with Crippen molar-refractivity contribution in [2.75, 3.05) is 33.3 Å². The van der Waals surface area contributed by atoms with Gasteiger partial charge in [0.1, 0.15) is 5.75 Å². The first-order valence-corrected chi connectivity index (χ1v) is 11.0. The number of likely N-dealkylation sites (tertiary alicyclic amines) is 2. The van der Waals surface area contributed by atoms with Gasteiger partial charge in [0, 0.05) is 19.1 Å². The maximum Gasteiger partial charge on any atom is 0.229 e. The van der Waals surface area contributed by atoms with E-state index in [-0.39, 0.29) is 11.5 Å². The monoisotopic (exact) mass is 407 g/mol. The lowest BCUT2D eigenvalue weighted by atomic mass is 9.77. The fourth-order valence-electron chi connectivity index (χ4n) is 4.85. The molecular formula is C25H33N3O2. The Labute approximate surface area is 179 Å². The Morgan fingerprint density at radius 2 is 1.67 bits per heavy atom. The number of amides is 1. The quantitative estimate of drug-likeness (QED) is 0.762. The fraction of sp³-hybridized carbons (Fsp3) is 0.480. The number of hydrogen-bond donors (Lipinski definition) is 1. The number of carbonyl (C=O) groups excluding carboxylic acids is 1. The molecule has 160 valence electrons. The first-order chi connectivity index (χ1) is 14.6. The van der Waals surface area contributed by atoms with Gasteiger partial charge in [-0.2, -0.15) is 0 Å². The molecule has 2 aromatic rings. The van der Waals surface area contributed by atoms with Gasteiger partial charge in [0.25, 0.3) is 0 Å². The van der Waals surface area contributed by atoms with Crippen LogP contribution < -0.4 is 10.5 Å². The molecule has 0 saturated carbocycles. The summed E-state index contributed by atoms with van der Waals surface area (Å²) in [7, 11) is 1.67. The van der Waals surface area contributed by atoms with Crippen molar-refractivity contribution in [3.63, 3.8) is 0 Å². The molecular weight excluding hydrogens is 374 g/mol. The number of carbonyl (C=O) groups is 1. The van der Waals surface area contributed by atoms with Crippen molar-refractivity contribution in [1.82, 2.24) is 9.80 Å². The molecule has 5 nitrogen and oxygen atoms in total. The number of piperidine rings is 1. The number of benzene rings is 2. The molecule has 2 N–H and O–H groups in total. The lowest BCUT2D eigenvalue weighted by Gasteiger charge is -2.38. The van der Waals surface area contributed by atoms with Gasteiger partial charge < -0.3 is 20.3 Å². The Hall–Kier alpha value is -2.37.